The van der Waals surface area contributed by atoms with Gasteiger partial charge in [-0.1, -0.05) is 190 Å². The maximum Gasteiger partial charge on any atom is 0.161 e. The zero-order valence-corrected chi connectivity index (χ0v) is 38.2. The third-order valence-electron chi connectivity index (χ3n) is 15.4. The minimum absolute atomic E-state index is 0.199. The molecule has 2 aliphatic carbocycles. The first-order chi connectivity index (χ1) is 33.5. The van der Waals surface area contributed by atoms with Gasteiger partial charge in [-0.2, -0.15) is 0 Å². The Hall–Kier alpha value is -8.18. The van der Waals surface area contributed by atoms with Gasteiger partial charge in [0.2, 0.25) is 0 Å². The van der Waals surface area contributed by atoms with Crippen molar-refractivity contribution < 1.29 is 4.74 Å². The van der Waals surface area contributed by atoms with Gasteiger partial charge >= 0.3 is 0 Å². The summed E-state index contributed by atoms with van der Waals surface area (Å²) in [6.07, 6.45) is 0. The molecule has 318 valence electrons. The van der Waals surface area contributed by atoms with Crippen molar-refractivity contribution in [2.45, 2.75) is 24.7 Å². The standard InChI is InChI=1S/C64H40N2OS/c1-63(2)48-32-30-39(43-21-14-25-52-58(43)57-42-19-6-4-16-38(42)29-34-53(57)64(52)50-23-8-10-26-54(50)67-55-27-11-9-24-51(55)64)35-46(48)47-36-40(31-33-49(47)63)59-61-60(45-20-7-12-28-56(45)68-61)66-62(65-59)44-22-13-17-37-15-3-5-18-41(37)44/h3-36H,1-2H3. The summed E-state index contributed by atoms with van der Waals surface area (Å²) in [7, 11) is 0. The first kappa shape index (κ1) is 38.0. The van der Waals surface area contributed by atoms with Crippen molar-refractivity contribution in [1.29, 1.82) is 0 Å². The molecule has 1 spiro atoms. The average Bonchev–Trinajstić information content (AvgIpc) is 3.99. The Kier molecular flexibility index (Phi) is 7.65. The SMILES string of the molecule is CC1(C)c2ccc(-c3cccc4c3-c3c(ccc5ccccc35)C43c4ccccc4Oc4ccccc43)cc2-c2cc(-c3nc(-c4cccc5ccccc45)nc4c3sc3ccccc34)ccc21. The number of para-hydroxylation sites is 2. The lowest BCUT2D eigenvalue weighted by Crippen LogP contribution is -2.32. The van der Waals surface area contributed by atoms with E-state index >= 15 is 0 Å². The molecule has 0 amide bonds. The smallest absolute Gasteiger partial charge is 0.161 e. The molecule has 0 saturated carbocycles. The van der Waals surface area contributed by atoms with Crippen LogP contribution >= 0.6 is 11.3 Å². The second-order valence-electron chi connectivity index (χ2n) is 19.1. The fraction of sp³-hybridized carbons (Fsp3) is 0.0625. The molecule has 3 nitrogen and oxygen atoms in total. The minimum Gasteiger partial charge on any atom is -0.457 e. The summed E-state index contributed by atoms with van der Waals surface area (Å²) in [5, 5.41) is 5.98. The van der Waals surface area contributed by atoms with Crippen LogP contribution in [0.2, 0.25) is 0 Å². The Morgan fingerprint density at radius 2 is 0.971 bits per heavy atom. The van der Waals surface area contributed by atoms with Crippen LogP contribution in [0.5, 0.6) is 11.5 Å². The molecule has 1 aliphatic heterocycles. The number of ether oxygens (including phenoxy) is 1. The number of fused-ring (bicyclic) bond motifs is 18. The Morgan fingerprint density at radius 1 is 0.412 bits per heavy atom. The first-order valence-corrected chi connectivity index (χ1v) is 24.3. The van der Waals surface area contributed by atoms with Gasteiger partial charge in [0.1, 0.15) is 11.5 Å². The summed E-state index contributed by atoms with van der Waals surface area (Å²) in [5.74, 6) is 2.54. The quantitative estimate of drug-likeness (QED) is 0.177. The van der Waals surface area contributed by atoms with Crippen molar-refractivity contribution >= 4 is 53.2 Å². The highest BCUT2D eigenvalue weighted by atomic mass is 32.1. The molecule has 0 radical (unpaired) electrons. The lowest BCUT2D eigenvalue weighted by Gasteiger charge is -2.39. The molecule has 0 atom stereocenters. The lowest BCUT2D eigenvalue weighted by atomic mass is 9.66. The second-order valence-corrected chi connectivity index (χ2v) is 20.2. The van der Waals surface area contributed by atoms with E-state index in [1.165, 1.54) is 87.6 Å². The van der Waals surface area contributed by atoms with Gasteiger partial charge in [-0.25, -0.2) is 9.97 Å². The molecule has 68 heavy (non-hydrogen) atoms. The third-order valence-corrected chi connectivity index (χ3v) is 16.5. The molecular weight excluding hydrogens is 845 g/mol. The zero-order chi connectivity index (χ0) is 44.9. The Bertz CT molecular complexity index is 4130. The molecule has 0 bridgehead atoms. The van der Waals surface area contributed by atoms with Crippen molar-refractivity contribution in [2.24, 2.45) is 0 Å². The third kappa shape index (κ3) is 4.97. The Balaban J connectivity index is 0.962. The van der Waals surface area contributed by atoms with Crippen LogP contribution in [0.25, 0.3) is 97.9 Å². The van der Waals surface area contributed by atoms with Crippen LogP contribution in [0, 0.1) is 0 Å². The number of nitrogens with zero attached hydrogens (tertiary/aromatic N) is 2. The maximum absolute atomic E-state index is 6.72. The molecule has 4 heteroatoms. The van der Waals surface area contributed by atoms with Gasteiger partial charge in [0, 0.05) is 37.8 Å². The van der Waals surface area contributed by atoms with Crippen molar-refractivity contribution in [3.05, 3.63) is 240 Å². The Labute approximate surface area is 397 Å². The topological polar surface area (TPSA) is 35.0 Å². The van der Waals surface area contributed by atoms with Crippen LogP contribution in [-0.4, -0.2) is 9.97 Å². The van der Waals surface area contributed by atoms with Crippen LogP contribution in [0.3, 0.4) is 0 Å². The summed E-state index contributed by atoms with van der Waals surface area (Å²) >= 11 is 1.78. The van der Waals surface area contributed by atoms with Crippen LogP contribution in [0.4, 0.5) is 0 Å². The van der Waals surface area contributed by atoms with Crippen molar-refractivity contribution in [1.82, 2.24) is 9.97 Å². The molecular formula is C64H40N2OS. The number of benzene rings is 10. The monoisotopic (exact) mass is 884 g/mol. The summed E-state index contributed by atoms with van der Waals surface area (Å²) in [5.41, 5.74) is 18.4. The molecule has 3 aliphatic rings. The summed E-state index contributed by atoms with van der Waals surface area (Å²) in [4.78, 5) is 10.9. The second kappa shape index (κ2) is 13.7. The van der Waals surface area contributed by atoms with Crippen molar-refractivity contribution in [2.75, 3.05) is 0 Å². The molecule has 0 saturated heterocycles. The van der Waals surface area contributed by atoms with E-state index in [9.17, 15) is 0 Å². The van der Waals surface area contributed by atoms with E-state index in [1.807, 2.05) is 0 Å². The number of aromatic nitrogens is 2. The average molecular weight is 885 g/mol. The fourth-order valence-electron chi connectivity index (χ4n) is 12.4. The normalized spacial score (nSPS) is 14.4. The first-order valence-electron chi connectivity index (χ1n) is 23.5. The largest absolute Gasteiger partial charge is 0.457 e. The Morgan fingerprint density at radius 3 is 1.75 bits per heavy atom. The number of hydrogen-bond donors (Lipinski definition) is 0. The van der Waals surface area contributed by atoms with Gasteiger partial charge in [-0.3, -0.25) is 0 Å². The van der Waals surface area contributed by atoms with Crippen LogP contribution in [0.1, 0.15) is 47.2 Å². The highest BCUT2D eigenvalue weighted by Crippen LogP contribution is 2.65. The summed E-state index contributed by atoms with van der Waals surface area (Å²) < 4.78 is 9.04. The molecule has 0 fully saturated rings. The fourth-order valence-corrected chi connectivity index (χ4v) is 13.5. The van der Waals surface area contributed by atoms with Crippen LogP contribution in [0.15, 0.2) is 206 Å². The van der Waals surface area contributed by atoms with Crippen LogP contribution < -0.4 is 4.74 Å². The van der Waals surface area contributed by atoms with Crippen LogP contribution in [-0.2, 0) is 10.8 Å². The highest BCUT2D eigenvalue weighted by Gasteiger charge is 2.52. The van der Waals surface area contributed by atoms with E-state index < -0.39 is 5.41 Å². The zero-order valence-electron chi connectivity index (χ0n) is 37.3. The van der Waals surface area contributed by atoms with Gasteiger partial charge in [0.15, 0.2) is 5.82 Å². The molecule has 0 N–H and O–H groups in total. The molecule has 0 unspecified atom stereocenters. The molecule has 3 heterocycles. The lowest BCUT2D eigenvalue weighted by molar-refractivity contribution is 0.436. The number of hydrogen-bond acceptors (Lipinski definition) is 4. The summed E-state index contributed by atoms with van der Waals surface area (Å²) in [6, 6.07) is 75.8. The predicted molar refractivity (Wildman–Crippen MR) is 281 cm³/mol. The number of rotatable bonds is 3. The van der Waals surface area contributed by atoms with Gasteiger partial charge in [-0.05, 0) is 108 Å². The van der Waals surface area contributed by atoms with E-state index in [-0.39, 0.29) is 5.41 Å². The molecule has 12 aromatic rings. The van der Waals surface area contributed by atoms with Crippen molar-refractivity contribution in [3.63, 3.8) is 0 Å². The molecule has 15 rings (SSSR count). The van der Waals surface area contributed by atoms with Crippen molar-refractivity contribution in [3.8, 4) is 67.5 Å². The number of thiophene rings is 1. The summed E-state index contributed by atoms with van der Waals surface area (Å²) in [6.45, 7) is 4.74. The van der Waals surface area contributed by atoms with E-state index in [4.69, 9.17) is 14.7 Å². The van der Waals surface area contributed by atoms with E-state index in [1.54, 1.807) is 11.3 Å². The van der Waals surface area contributed by atoms with E-state index in [0.29, 0.717) is 0 Å². The maximum atomic E-state index is 6.72. The van der Waals surface area contributed by atoms with Gasteiger partial charge in [0.05, 0.1) is 21.3 Å². The van der Waals surface area contributed by atoms with E-state index in [0.717, 1.165) is 55.1 Å². The van der Waals surface area contributed by atoms with E-state index in [2.05, 4.69) is 220 Å². The predicted octanol–water partition coefficient (Wildman–Crippen LogP) is 16.9. The minimum atomic E-state index is -0.573. The molecule has 10 aromatic carbocycles. The van der Waals surface area contributed by atoms with Gasteiger partial charge in [-0.15, -0.1) is 11.3 Å². The molecule has 2 aromatic heterocycles. The van der Waals surface area contributed by atoms with Gasteiger partial charge < -0.3 is 4.74 Å². The highest BCUT2D eigenvalue weighted by molar-refractivity contribution is 7.26. The van der Waals surface area contributed by atoms with Gasteiger partial charge in [0.25, 0.3) is 0 Å².